The lowest BCUT2D eigenvalue weighted by atomic mass is 9.95. The molecule has 0 bridgehead atoms. The van der Waals surface area contributed by atoms with E-state index in [-0.39, 0.29) is 25.0 Å². The quantitative estimate of drug-likeness (QED) is 0.435. The minimum Gasteiger partial charge on any atom is -0.481 e. The van der Waals surface area contributed by atoms with Crippen molar-refractivity contribution in [2.45, 2.75) is 45.1 Å². The molecule has 1 aliphatic carbocycles. The maximum Gasteiger partial charge on any atom is 0.407 e. The van der Waals surface area contributed by atoms with Crippen molar-refractivity contribution in [2.75, 3.05) is 13.2 Å². The van der Waals surface area contributed by atoms with Crippen LogP contribution in [0.15, 0.2) is 48.5 Å². The fourth-order valence-corrected chi connectivity index (χ4v) is 4.40. The number of aliphatic carboxylic acids is 1. The van der Waals surface area contributed by atoms with Gasteiger partial charge in [-0.1, -0.05) is 62.4 Å². The van der Waals surface area contributed by atoms with E-state index in [0.717, 1.165) is 22.3 Å². The van der Waals surface area contributed by atoms with Crippen molar-refractivity contribution in [1.82, 2.24) is 10.6 Å². The molecule has 2 unspecified atom stereocenters. The molecule has 2 aromatic rings. The summed E-state index contributed by atoms with van der Waals surface area (Å²) in [5.41, 5.74) is 4.33. The number of alkyl halides is 2. The van der Waals surface area contributed by atoms with Crippen LogP contribution in [0.1, 0.15) is 43.7 Å². The lowest BCUT2D eigenvalue weighted by Gasteiger charge is -2.23. The third-order valence-electron chi connectivity index (χ3n) is 5.99. The molecule has 35 heavy (non-hydrogen) atoms. The summed E-state index contributed by atoms with van der Waals surface area (Å²) in [7, 11) is 0. The zero-order chi connectivity index (χ0) is 25.5. The Hall–Kier alpha value is -3.49. The van der Waals surface area contributed by atoms with Crippen LogP contribution in [0.4, 0.5) is 13.6 Å². The van der Waals surface area contributed by atoms with Crippen LogP contribution >= 0.6 is 0 Å². The summed E-state index contributed by atoms with van der Waals surface area (Å²) in [5, 5.41) is 13.5. The molecule has 3 rings (SSSR count). The van der Waals surface area contributed by atoms with Gasteiger partial charge >= 0.3 is 12.1 Å². The Morgan fingerprint density at radius 3 is 2.09 bits per heavy atom. The van der Waals surface area contributed by atoms with E-state index in [4.69, 9.17) is 9.84 Å². The van der Waals surface area contributed by atoms with Crippen molar-refractivity contribution in [2.24, 2.45) is 11.8 Å². The topological polar surface area (TPSA) is 105 Å². The van der Waals surface area contributed by atoms with Gasteiger partial charge < -0.3 is 20.5 Å². The fourth-order valence-electron chi connectivity index (χ4n) is 4.40. The van der Waals surface area contributed by atoms with Gasteiger partial charge in [0.1, 0.15) is 12.6 Å². The fraction of sp³-hybridized carbons (Fsp3) is 0.423. The SMILES string of the molecule is CC(C)CC(CNC(=O)OCC1c2ccccc2-c2ccccc21)C(=O)NC(CC(=O)O)C(F)F. The molecule has 0 radical (unpaired) electrons. The molecular weight excluding hydrogens is 458 g/mol. The second-order valence-corrected chi connectivity index (χ2v) is 9.08. The number of alkyl carbamates (subject to hydrolysis) is 1. The van der Waals surface area contributed by atoms with Crippen molar-refractivity contribution in [3.8, 4) is 11.1 Å². The number of hydrogen-bond acceptors (Lipinski definition) is 4. The van der Waals surface area contributed by atoms with Crippen LogP contribution in [0.2, 0.25) is 0 Å². The summed E-state index contributed by atoms with van der Waals surface area (Å²) < 4.78 is 31.8. The van der Waals surface area contributed by atoms with Gasteiger partial charge in [0.05, 0.1) is 12.3 Å². The number of fused-ring (bicyclic) bond motifs is 3. The number of nitrogens with one attached hydrogen (secondary N) is 2. The summed E-state index contributed by atoms with van der Waals surface area (Å²) in [6.07, 6.45) is -4.31. The standard InChI is InChI=1S/C26H30F2N2O5/c1-15(2)11-16(25(33)30-22(24(27)28)12-23(31)32)13-29-26(34)35-14-21-19-9-5-3-7-17(19)18-8-4-6-10-20(18)21/h3-10,15-16,21-22,24H,11-14H2,1-2H3,(H,29,34)(H,30,33)(H,31,32). The van der Waals surface area contributed by atoms with E-state index < -0.39 is 42.8 Å². The number of carbonyl (C=O) groups is 3. The minimum absolute atomic E-state index is 0.0412. The van der Waals surface area contributed by atoms with E-state index in [1.54, 1.807) is 0 Å². The van der Waals surface area contributed by atoms with Crippen LogP contribution in [-0.2, 0) is 14.3 Å². The molecule has 3 N–H and O–H groups in total. The van der Waals surface area contributed by atoms with E-state index in [1.165, 1.54) is 0 Å². The number of rotatable bonds is 11. The van der Waals surface area contributed by atoms with E-state index in [9.17, 15) is 23.2 Å². The van der Waals surface area contributed by atoms with Crippen molar-refractivity contribution < 1.29 is 33.0 Å². The second kappa shape index (κ2) is 11.8. The summed E-state index contributed by atoms with van der Waals surface area (Å²) in [5.74, 6) is -3.06. The van der Waals surface area contributed by atoms with Crippen LogP contribution in [0.5, 0.6) is 0 Å². The molecule has 0 fully saturated rings. The predicted molar refractivity (Wildman–Crippen MR) is 126 cm³/mol. The second-order valence-electron chi connectivity index (χ2n) is 9.08. The zero-order valence-electron chi connectivity index (χ0n) is 19.7. The minimum atomic E-state index is -3.02. The number of benzene rings is 2. The Balaban J connectivity index is 1.59. The predicted octanol–water partition coefficient (Wildman–Crippen LogP) is 4.41. The molecule has 2 amide bonds. The molecule has 188 valence electrons. The first kappa shape index (κ1) is 26.1. The van der Waals surface area contributed by atoms with Crippen LogP contribution < -0.4 is 10.6 Å². The maximum atomic E-state index is 13.2. The van der Waals surface area contributed by atoms with Gasteiger partial charge in [0.2, 0.25) is 5.91 Å². The van der Waals surface area contributed by atoms with Gasteiger partial charge in [0.15, 0.2) is 0 Å². The summed E-state index contributed by atoms with van der Waals surface area (Å²) in [4.78, 5) is 35.9. The summed E-state index contributed by atoms with van der Waals surface area (Å²) in [6, 6.07) is 14.0. The summed E-state index contributed by atoms with van der Waals surface area (Å²) in [6.45, 7) is 3.70. The molecule has 0 saturated heterocycles. The van der Waals surface area contributed by atoms with Crippen molar-refractivity contribution in [1.29, 1.82) is 0 Å². The van der Waals surface area contributed by atoms with E-state index >= 15 is 0 Å². The molecule has 0 heterocycles. The average Bonchev–Trinajstić information content (AvgIpc) is 3.13. The molecule has 7 nitrogen and oxygen atoms in total. The monoisotopic (exact) mass is 488 g/mol. The van der Waals surface area contributed by atoms with Crippen LogP contribution in [0.3, 0.4) is 0 Å². The zero-order valence-corrected chi connectivity index (χ0v) is 19.7. The highest BCUT2D eigenvalue weighted by Crippen LogP contribution is 2.44. The molecular formula is C26H30F2N2O5. The molecule has 2 aromatic carbocycles. The Bertz CT molecular complexity index is 1010. The first-order valence-electron chi connectivity index (χ1n) is 11.6. The average molecular weight is 489 g/mol. The number of halogens is 2. The molecule has 1 aliphatic rings. The first-order valence-corrected chi connectivity index (χ1v) is 11.6. The van der Waals surface area contributed by atoms with Gasteiger partial charge in [-0.05, 0) is 34.6 Å². The first-order chi connectivity index (χ1) is 16.7. The summed E-state index contributed by atoms with van der Waals surface area (Å²) >= 11 is 0. The van der Waals surface area contributed by atoms with E-state index in [2.05, 4.69) is 10.6 Å². The van der Waals surface area contributed by atoms with Gasteiger partial charge in [-0.2, -0.15) is 0 Å². The van der Waals surface area contributed by atoms with Crippen LogP contribution in [-0.4, -0.2) is 48.7 Å². The normalized spacial score (nSPS) is 14.2. The Labute approximate surface area is 202 Å². The number of carbonyl (C=O) groups excluding carboxylic acids is 2. The van der Waals surface area contributed by atoms with Gasteiger partial charge in [-0.25, -0.2) is 13.6 Å². The molecule has 0 aromatic heterocycles. The molecule has 0 aliphatic heterocycles. The van der Waals surface area contributed by atoms with Gasteiger partial charge in [-0.3, -0.25) is 9.59 Å². The number of carboxylic acids is 1. The van der Waals surface area contributed by atoms with Crippen molar-refractivity contribution >= 4 is 18.0 Å². The highest BCUT2D eigenvalue weighted by Gasteiger charge is 2.31. The third kappa shape index (κ3) is 6.77. The van der Waals surface area contributed by atoms with Crippen molar-refractivity contribution in [3.63, 3.8) is 0 Å². The maximum absolute atomic E-state index is 13.2. The number of carboxylic acid groups (broad SMARTS) is 1. The number of amides is 2. The van der Waals surface area contributed by atoms with E-state index in [0.29, 0.717) is 6.42 Å². The largest absolute Gasteiger partial charge is 0.481 e. The Morgan fingerprint density at radius 1 is 1.00 bits per heavy atom. The van der Waals surface area contributed by atoms with Crippen molar-refractivity contribution in [3.05, 3.63) is 59.7 Å². The van der Waals surface area contributed by atoms with Gasteiger partial charge in [-0.15, -0.1) is 0 Å². The molecule has 0 saturated carbocycles. The van der Waals surface area contributed by atoms with Crippen LogP contribution in [0.25, 0.3) is 11.1 Å². The number of ether oxygens (including phenoxy) is 1. The van der Waals surface area contributed by atoms with Gasteiger partial charge in [0, 0.05) is 12.5 Å². The highest BCUT2D eigenvalue weighted by molar-refractivity contribution is 5.81. The molecule has 2 atom stereocenters. The Kier molecular flexibility index (Phi) is 8.78. The van der Waals surface area contributed by atoms with Crippen LogP contribution in [0, 0.1) is 11.8 Å². The van der Waals surface area contributed by atoms with Gasteiger partial charge in [0.25, 0.3) is 6.43 Å². The smallest absolute Gasteiger partial charge is 0.407 e. The highest BCUT2D eigenvalue weighted by atomic mass is 19.3. The lowest BCUT2D eigenvalue weighted by Crippen LogP contribution is -2.47. The number of hydrogen-bond donors (Lipinski definition) is 3. The lowest BCUT2D eigenvalue weighted by molar-refractivity contribution is -0.139. The van der Waals surface area contributed by atoms with E-state index in [1.807, 2.05) is 62.4 Å². The molecule has 9 heteroatoms. The Morgan fingerprint density at radius 2 is 1.57 bits per heavy atom. The molecule has 0 spiro atoms. The third-order valence-corrected chi connectivity index (χ3v) is 5.99.